The summed E-state index contributed by atoms with van der Waals surface area (Å²) in [6, 6.07) is 3.74. The van der Waals surface area contributed by atoms with E-state index < -0.39 is 10.0 Å². The first kappa shape index (κ1) is 13.9. The van der Waals surface area contributed by atoms with E-state index in [1.807, 2.05) is 12.1 Å². The van der Waals surface area contributed by atoms with Crippen molar-refractivity contribution in [2.24, 2.45) is 0 Å². The molecule has 0 amide bonds. The highest BCUT2D eigenvalue weighted by atomic mass is 127. The van der Waals surface area contributed by atoms with Crippen LogP contribution in [0.1, 0.15) is 12.7 Å². The lowest BCUT2D eigenvalue weighted by Gasteiger charge is -2.04. The van der Waals surface area contributed by atoms with Gasteiger partial charge in [-0.1, -0.05) is 6.92 Å². The number of rotatable bonds is 7. The summed E-state index contributed by atoms with van der Waals surface area (Å²) >= 11 is 2.09. The van der Waals surface area contributed by atoms with Crippen molar-refractivity contribution in [2.75, 3.05) is 18.8 Å². The molecule has 5 nitrogen and oxygen atoms in total. The standard InChI is InChI=1S/C9H15IN2O3S/c1-2-12-16(13,14)6-5-11-7-8-3-4-9(10)15-8/h3-4,11-12H,2,5-7H2,1H3. The number of halogens is 1. The van der Waals surface area contributed by atoms with Gasteiger partial charge >= 0.3 is 0 Å². The van der Waals surface area contributed by atoms with E-state index >= 15 is 0 Å². The molecule has 0 saturated heterocycles. The Morgan fingerprint density at radius 3 is 2.75 bits per heavy atom. The van der Waals surface area contributed by atoms with E-state index in [1.54, 1.807) is 6.92 Å². The molecule has 0 bridgehead atoms. The molecule has 0 spiro atoms. The first-order valence-corrected chi connectivity index (χ1v) is 7.69. The highest BCUT2D eigenvalue weighted by Gasteiger charge is 2.07. The Kier molecular flexibility index (Phi) is 5.73. The van der Waals surface area contributed by atoms with Crippen molar-refractivity contribution in [3.63, 3.8) is 0 Å². The van der Waals surface area contributed by atoms with E-state index in [0.717, 1.165) is 9.53 Å². The third-order valence-corrected chi connectivity index (χ3v) is 3.89. The number of sulfonamides is 1. The first-order valence-electron chi connectivity index (χ1n) is 4.96. The molecule has 0 saturated carbocycles. The molecule has 92 valence electrons. The van der Waals surface area contributed by atoms with E-state index in [4.69, 9.17) is 4.42 Å². The molecular formula is C9H15IN2O3S. The molecule has 7 heteroatoms. The number of furan rings is 1. The van der Waals surface area contributed by atoms with Crippen LogP contribution >= 0.6 is 22.6 Å². The van der Waals surface area contributed by atoms with Gasteiger partial charge in [0.25, 0.3) is 0 Å². The summed E-state index contributed by atoms with van der Waals surface area (Å²) < 4.78 is 31.1. The van der Waals surface area contributed by atoms with Gasteiger partial charge in [0.1, 0.15) is 5.76 Å². The van der Waals surface area contributed by atoms with Crippen LogP contribution in [0, 0.1) is 3.77 Å². The van der Waals surface area contributed by atoms with Gasteiger partial charge in [-0.2, -0.15) is 0 Å². The van der Waals surface area contributed by atoms with Gasteiger partial charge < -0.3 is 9.73 Å². The molecular weight excluding hydrogens is 343 g/mol. The second-order valence-electron chi connectivity index (χ2n) is 3.20. The van der Waals surface area contributed by atoms with Gasteiger partial charge in [-0.3, -0.25) is 0 Å². The average Bonchev–Trinajstić information content (AvgIpc) is 2.59. The number of nitrogens with one attached hydrogen (secondary N) is 2. The Hall–Kier alpha value is -0.120. The zero-order valence-electron chi connectivity index (χ0n) is 8.99. The van der Waals surface area contributed by atoms with Gasteiger partial charge in [0, 0.05) is 13.1 Å². The summed E-state index contributed by atoms with van der Waals surface area (Å²) in [6.07, 6.45) is 0. The van der Waals surface area contributed by atoms with Crippen LogP contribution in [0.4, 0.5) is 0 Å². The van der Waals surface area contributed by atoms with Gasteiger partial charge in [-0.25, -0.2) is 13.1 Å². The van der Waals surface area contributed by atoms with Crippen molar-refractivity contribution in [1.82, 2.24) is 10.0 Å². The first-order chi connectivity index (χ1) is 7.53. The zero-order valence-corrected chi connectivity index (χ0v) is 12.0. The molecule has 1 rings (SSSR count). The second-order valence-corrected chi connectivity index (χ2v) is 6.19. The summed E-state index contributed by atoms with van der Waals surface area (Å²) in [6.45, 7) is 3.14. The van der Waals surface area contributed by atoms with Crippen LogP contribution in [-0.4, -0.2) is 27.3 Å². The van der Waals surface area contributed by atoms with Gasteiger partial charge in [-0.05, 0) is 34.7 Å². The van der Waals surface area contributed by atoms with Gasteiger partial charge in [0.2, 0.25) is 10.0 Å². The SMILES string of the molecule is CCNS(=O)(=O)CCNCc1ccc(I)o1. The summed E-state index contributed by atoms with van der Waals surface area (Å²) in [4.78, 5) is 0. The molecule has 0 aliphatic rings. The summed E-state index contributed by atoms with van der Waals surface area (Å²) in [7, 11) is -3.13. The molecule has 1 aromatic heterocycles. The Labute approximate surface area is 109 Å². The van der Waals surface area contributed by atoms with Crippen molar-refractivity contribution in [3.05, 3.63) is 21.7 Å². The van der Waals surface area contributed by atoms with Gasteiger partial charge in [-0.15, -0.1) is 0 Å². The Balaban J connectivity index is 2.22. The molecule has 16 heavy (non-hydrogen) atoms. The van der Waals surface area contributed by atoms with Crippen molar-refractivity contribution >= 4 is 32.6 Å². The van der Waals surface area contributed by atoms with Crippen molar-refractivity contribution in [3.8, 4) is 0 Å². The zero-order chi connectivity index (χ0) is 12.0. The Morgan fingerprint density at radius 2 is 2.19 bits per heavy atom. The van der Waals surface area contributed by atoms with Gasteiger partial charge in [0.15, 0.2) is 3.77 Å². The van der Waals surface area contributed by atoms with Crippen molar-refractivity contribution in [1.29, 1.82) is 0 Å². The maximum Gasteiger partial charge on any atom is 0.212 e. The Morgan fingerprint density at radius 1 is 1.44 bits per heavy atom. The summed E-state index contributed by atoms with van der Waals surface area (Å²) in [5.41, 5.74) is 0. The smallest absolute Gasteiger partial charge is 0.212 e. The van der Waals surface area contributed by atoms with Crippen LogP contribution < -0.4 is 10.0 Å². The molecule has 0 atom stereocenters. The summed E-state index contributed by atoms with van der Waals surface area (Å²) in [5.74, 6) is 0.892. The van der Waals surface area contributed by atoms with E-state index in [9.17, 15) is 8.42 Å². The fourth-order valence-corrected chi connectivity index (χ4v) is 2.62. The van der Waals surface area contributed by atoms with Crippen LogP contribution in [0.15, 0.2) is 16.5 Å². The van der Waals surface area contributed by atoms with E-state index in [1.165, 1.54) is 0 Å². The fraction of sp³-hybridized carbons (Fsp3) is 0.556. The summed E-state index contributed by atoms with van der Waals surface area (Å²) in [5, 5.41) is 3.01. The predicted molar refractivity (Wildman–Crippen MR) is 70.6 cm³/mol. The third-order valence-electron chi connectivity index (χ3n) is 1.84. The fourth-order valence-electron chi connectivity index (χ4n) is 1.16. The lowest BCUT2D eigenvalue weighted by Crippen LogP contribution is -2.31. The van der Waals surface area contributed by atoms with Crippen molar-refractivity contribution < 1.29 is 12.8 Å². The molecule has 0 aliphatic heterocycles. The van der Waals surface area contributed by atoms with E-state index in [0.29, 0.717) is 19.6 Å². The molecule has 0 fully saturated rings. The van der Waals surface area contributed by atoms with Crippen LogP contribution in [0.25, 0.3) is 0 Å². The van der Waals surface area contributed by atoms with Crippen molar-refractivity contribution in [2.45, 2.75) is 13.5 Å². The van der Waals surface area contributed by atoms with Crippen LogP contribution in [-0.2, 0) is 16.6 Å². The minimum atomic E-state index is -3.13. The monoisotopic (exact) mass is 358 g/mol. The van der Waals surface area contributed by atoms with Crippen LogP contribution in [0.2, 0.25) is 0 Å². The molecule has 0 unspecified atom stereocenters. The largest absolute Gasteiger partial charge is 0.454 e. The molecule has 1 aromatic rings. The number of hydrogen-bond donors (Lipinski definition) is 2. The third kappa shape index (κ3) is 5.28. The van der Waals surface area contributed by atoms with Crippen LogP contribution in [0.3, 0.4) is 0 Å². The lowest BCUT2D eigenvalue weighted by molar-refractivity contribution is 0.466. The molecule has 0 aromatic carbocycles. The highest BCUT2D eigenvalue weighted by Crippen LogP contribution is 2.09. The van der Waals surface area contributed by atoms with Gasteiger partial charge in [0.05, 0.1) is 12.3 Å². The minimum Gasteiger partial charge on any atom is -0.454 e. The topological polar surface area (TPSA) is 71.3 Å². The van der Waals surface area contributed by atoms with E-state index in [-0.39, 0.29) is 5.75 Å². The molecule has 1 heterocycles. The highest BCUT2D eigenvalue weighted by molar-refractivity contribution is 14.1. The quantitative estimate of drug-likeness (QED) is 0.562. The van der Waals surface area contributed by atoms with Crippen LogP contribution in [0.5, 0.6) is 0 Å². The molecule has 0 aliphatic carbocycles. The Bertz CT molecular complexity index is 416. The maximum absolute atomic E-state index is 11.3. The lowest BCUT2D eigenvalue weighted by atomic mass is 10.4. The maximum atomic E-state index is 11.3. The molecule has 2 N–H and O–H groups in total. The number of hydrogen-bond acceptors (Lipinski definition) is 4. The second kappa shape index (κ2) is 6.58. The van der Waals surface area contributed by atoms with E-state index in [2.05, 4.69) is 32.6 Å². The molecule has 0 radical (unpaired) electrons. The average molecular weight is 358 g/mol. The predicted octanol–water partition coefficient (Wildman–Crippen LogP) is 0.913. The normalized spacial score (nSPS) is 11.9. The minimum absolute atomic E-state index is 0.0820.